The van der Waals surface area contributed by atoms with Crippen LogP contribution in [0.15, 0.2) is 16.6 Å². The molecule has 1 rings (SSSR count). The largest absolute Gasteiger partial charge is 0.324 e. The number of nitrogens with two attached hydrogens (primary N) is 1. The fourth-order valence-electron chi connectivity index (χ4n) is 1.70. The standard InChI is InChI=1S/C13H19BrN2OS/c1-8-6-10(14)7-9(2)12(8)16-13(17)11(15)4-5-18-3/h6-7,11H,4-5,15H2,1-3H3,(H,16,17)/t11-/m1/s1. The molecular formula is C13H19BrN2OS. The minimum absolute atomic E-state index is 0.113. The van der Waals surface area contributed by atoms with Crippen LogP contribution in [0.1, 0.15) is 17.5 Å². The Morgan fingerprint density at radius 2 is 2.00 bits per heavy atom. The smallest absolute Gasteiger partial charge is 0.241 e. The summed E-state index contributed by atoms with van der Waals surface area (Å²) < 4.78 is 1.02. The number of carbonyl (C=O) groups excluding carboxylic acids is 1. The summed E-state index contributed by atoms with van der Waals surface area (Å²) in [6, 6.07) is 3.52. The number of nitrogens with one attached hydrogen (secondary N) is 1. The van der Waals surface area contributed by atoms with Gasteiger partial charge >= 0.3 is 0 Å². The maximum absolute atomic E-state index is 12.0. The molecule has 0 spiro atoms. The van der Waals surface area contributed by atoms with Crippen molar-refractivity contribution in [3.05, 3.63) is 27.7 Å². The Hall–Kier alpha value is -0.520. The molecule has 0 aliphatic carbocycles. The molecule has 1 atom stereocenters. The molecule has 0 heterocycles. The Balaban J connectivity index is 2.76. The highest BCUT2D eigenvalue weighted by Gasteiger charge is 2.15. The maximum Gasteiger partial charge on any atom is 0.241 e. The van der Waals surface area contributed by atoms with E-state index in [1.807, 2.05) is 32.2 Å². The van der Waals surface area contributed by atoms with Crippen molar-refractivity contribution in [2.45, 2.75) is 26.3 Å². The van der Waals surface area contributed by atoms with Crippen molar-refractivity contribution in [3.8, 4) is 0 Å². The molecule has 1 amide bonds. The normalized spacial score (nSPS) is 12.3. The summed E-state index contributed by atoms with van der Waals surface area (Å²) in [4.78, 5) is 12.0. The fourth-order valence-corrected chi connectivity index (χ4v) is 2.88. The SMILES string of the molecule is CSCC[C@@H](N)C(=O)Nc1c(C)cc(Br)cc1C. The van der Waals surface area contributed by atoms with Crippen LogP contribution in [0.3, 0.4) is 0 Å². The molecule has 0 aliphatic rings. The molecule has 1 aromatic carbocycles. The van der Waals surface area contributed by atoms with Gasteiger partial charge in [0.2, 0.25) is 5.91 Å². The van der Waals surface area contributed by atoms with Gasteiger partial charge in [-0.2, -0.15) is 11.8 Å². The first kappa shape index (κ1) is 15.5. The Bertz CT molecular complexity index is 414. The number of aryl methyl sites for hydroxylation is 2. The summed E-state index contributed by atoms with van der Waals surface area (Å²) in [6.07, 6.45) is 2.70. The van der Waals surface area contributed by atoms with Gasteiger partial charge in [0.25, 0.3) is 0 Å². The van der Waals surface area contributed by atoms with Gasteiger partial charge in [-0.25, -0.2) is 0 Å². The Morgan fingerprint density at radius 3 is 2.50 bits per heavy atom. The molecule has 0 aromatic heterocycles. The highest BCUT2D eigenvalue weighted by atomic mass is 79.9. The van der Waals surface area contributed by atoms with Gasteiger partial charge in [-0.15, -0.1) is 0 Å². The van der Waals surface area contributed by atoms with Crippen LogP contribution in [-0.2, 0) is 4.79 Å². The molecule has 0 saturated heterocycles. The van der Waals surface area contributed by atoms with Crippen LogP contribution in [0, 0.1) is 13.8 Å². The predicted octanol–water partition coefficient (Wildman–Crippen LogP) is 3.08. The summed E-state index contributed by atoms with van der Waals surface area (Å²) in [7, 11) is 0. The molecule has 100 valence electrons. The third kappa shape index (κ3) is 4.30. The number of thioether (sulfide) groups is 1. The lowest BCUT2D eigenvalue weighted by molar-refractivity contribution is -0.117. The van der Waals surface area contributed by atoms with E-state index in [0.29, 0.717) is 6.42 Å². The van der Waals surface area contributed by atoms with Crippen LogP contribution in [0.5, 0.6) is 0 Å². The van der Waals surface area contributed by atoms with Gasteiger partial charge in [0.05, 0.1) is 6.04 Å². The Morgan fingerprint density at radius 1 is 1.44 bits per heavy atom. The van der Waals surface area contributed by atoms with Gasteiger partial charge in [-0.3, -0.25) is 4.79 Å². The zero-order valence-corrected chi connectivity index (χ0v) is 13.3. The van der Waals surface area contributed by atoms with Crippen molar-refractivity contribution in [3.63, 3.8) is 0 Å². The van der Waals surface area contributed by atoms with E-state index in [4.69, 9.17) is 5.73 Å². The van der Waals surface area contributed by atoms with Crippen LogP contribution in [0.25, 0.3) is 0 Å². The summed E-state index contributed by atoms with van der Waals surface area (Å²) in [5.41, 5.74) is 8.78. The average Bonchev–Trinajstić information content (AvgIpc) is 2.30. The maximum atomic E-state index is 12.0. The van der Waals surface area contributed by atoms with E-state index in [-0.39, 0.29) is 5.91 Å². The number of amides is 1. The minimum Gasteiger partial charge on any atom is -0.324 e. The third-order valence-electron chi connectivity index (χ3n) is 2.72. The monoisotopic (exact) mass is 330 g/mol. The minimum atomic E-state index is -0.445. The van der Waals surface area contributed by atoms with Gasteiger partial charge < -0.3 is 11.1 Å². The van der Waals surface area contributed by atoms with Crippen LogP contribution >= 0.6 is 27.7 Å². The summed E-state index contributed by atoms with van der Waals surface area (Å²) in [5, 5.41) is 2.92. The second-order valence-corrected chi connectivity index (χ2v) is 6.19. The molecule has 3 N–H and O–H groups in total. The molecule has 5 heteroatoms. The quantitative estimate of drug-likeness (QED) is 0.872. The van der Waals surface area contributed by atoms with Crippen molar-refractivity contribution >= 4 is 39.3 Å². The lowest BCUT2D eigenvalue weighted by Crippen LogP contribution is -2.36. The van der Waals surface area contributed by atoms with Gasteiger partial charge in [-0.1, -0.05) is 15.9 Å². The number of hydrogen-bond acceptors (Lipinski definition) is 3. The number of benzene rings is 1. The predicted molar refractivity (Wildman–Crippen MR) is 83.2 cm³/mol. The molecule has 0 aliphatic heterocycles. The van der Waals surface area contributed by atoms with Crippen molar-refractivity contribution in [1.82, 2.24) is 0 Å². The fraction of sp³-hybridized carbons (Fsp3) is 0.462. The third-order valence-corrected chi connectivity index (χ3v) is 3.82. The summed E-state index contributed by atoms with van der Waals surface area (Å²) >= 11 is 5.13. The van der Waals surface area contributed by atoms with E-state index in [1.54, 1.807) is 11.8 Å². The molecule has 1 aromatic rings. The van der Waals surface area contributed by atoms with E-state index in [2.05, 4.69) is 21.2 Å². The van der Waals surface area contributed by atoms with Crippen molar-refractivity contribution < 1.29 is 4.79 Å². The lowest BCUT2D eigenvalue weighted by Gasteiger charge is -2.15. The number of rotatable bonds is 5. The molecule has 3 nitrogen and oxygen atoms in total. The molecule has 18 heavy (non-hydrogen) atoms. The second kappa shape index (κ2) is 7.16. The first-order valence-corrected chi connectivity index (χ1v) is 7.96. The van der Waals surface area contributed by atoms with E-state index in [9.17, 15) is 4.79 Å². The molecule has 0 radical (unpaired) electrons. The van der Waals surface area contributed by atoms with E-state index in [1.165, 1.54) is 0 Å². The van der Waals surface area contributed by atoms with E-state index >= 15 is 0 Å². The van der Waals surface area contributed by atoms with Gasteiger partial charge in [0.15, 0.2) is 0 Å². The zero-order valence-electron chi connectivity index (χ0n) is 10.9. The number of carbonyl (C=O) groups is 1. The number of anilines is 1. The van der Waals surface area contributed by atoms with Crippen molar-refractivity contribution in [2.75, 3.05) is 17.3 Å². The highest BCUT2D eigenvalue weighted by molar-refractivity contribution is 9.10. The molecule has 0 bridgehead atoms. The number of hydrogen-bond donors (Lipinski definition) is 2. The number of halogens is 1. The first-order valence-electron chi connectivity index (χ1n) is 5.77. The molecule has 0 saturated carbocycles. The van der Waals surface area contributed by atoms with Gasteiger partial charge in [0.1, 0.15) is 0 Å². The zero-order chi connectivity index (χ0) is 13.7. The van der Waals surface area contributed by atoms with E-state index in [0.717, 1.165) is 27.0 Å². The Labute approximate surface area is 121 Å². The van der Waals surface area contributed by atoms with Gasteiger partial charge in [0, 0.05) is 10.2 Å². The lowest BCUT2D eigenvalue weighted by atomic mass is 10.1. The topological polar surface area (TPSA) is 55.1 Å². The average molecular weight is 331 g/mol. The Kier molecular flexibility index (Phi) is 6.18. The van der Waals surface area contributed by atoms with Crippen LogP contribution in [0.2, 0.25) is 0 Å². The van der Waals surface area contributed by atoms with Crippen LogP contribution < -0.4 is 11.1 Å². The first-order chi connectivity index (χ1) is 8.45. The van der Waals surface area contributed by atoms with Crippen molar-refractivity contribution in [1.29, 1.82) is 0 Å². The summed E-state index contributed by atoms with van der Waals surface area (Å²) in [6.45, 7) is 3.95. The summed E-state index contributed by atoms with van der Waals surface area (Å²) in [5.74, 6) is 0.782. The van der Waals surface area contributed by atoms with E-state index < -0.39 is 6.04 Å². The molecular weight excluding hydrogens is 312 g/mol. The van der Waals surface area contributed by atoms with Crippen LogP contribution in [0.4, 0.5) is 5.69 Å². The van der Waals surface area contributed by atoms with Gasteiger partial charge in [-0.05, 0) is 55.5 Å². The van der Waals surface area contributed by atoms with Crippen molar-refractivity contribution in [2.24, 2.45) is 5.73 Å². The molecule has 0 fully saturated rings. The van der Waals surface area contributed by atoms with Crippen LogP contribution in [-0.4, -0.2) is 24.0 Å². The molecule has 0 unspecified atom stereocenters. The second-order valence-electron chi connectivity index (χ2n) is 4.29. The highest BCUT2D eigenvalue weighted by Crippen LogP contribution is 2.25.